The Labute approximate surface area is 149 Å². The highest BCUT2D eigenvalue weighted by atomic mass is 32.1. The minimum absolute atomic E-state index is 0.196. The molecule has 7 nitrogen and oxygen atoms in total. The normalized spacial score (nSPS) is 11.8. The first-order chi connectivity index (χ1) is 11.5. The van der Waals surface area contributed by atoms with Crippen molar-refractivity contribution in [2.24, 2.45) is 4.99 Å². The Morgan fingerprint density at radius 2 is 1.84 bits per heavy atom. The quantitative estimate of drug-likeness (QED) is 0.338. The molecule has 2 rings (SSSR count). The van der Waals surface area contributed by atoms with Crippen LogP contribution >= 0.6 is 11.3 Å². The third-order valence-electron chi connectivity index (χ3n) is 2.58. The summed E-state index contributed by atoms with van der Waals surface area (Å²) in [6.07, 6.45) is 0.636. The molecule has 0 spiro atoms. The van der Waals surface area contributed by atoms with Crippen LogP contribution in [0.25, 0.3) is 10.2 Å². The summed E-state index contributed by atoms with van der Waals surface area (Å²) in [5.41, 5.74) is -0.378. The molecule has 1 aromatic carbocycles. The van der Waals surface area contributed by atoms with E-state index < -0.39 is 17.4 Å². The van der Waals surface area contributed by atoms with Gasteiger partial charge in [0.15, 0.2) is 0 Å². The standard InChI is InChI=1S/C17H20N2O5S/c1-16(2,3)23-14-19-13-11(18-9-20)7-10(8-12(13)25-14)22-15(21)24-17(4,5)6/h7-8H,1-6H3. The first-order valence-corrected chi connectivity index (χ1v) is 8.41. The van der Waals surface area contributed by atoms with Gasteiger partial charge in [-0.25, -0.2) is 14.6 Å². The first kappa shape index (κ1) is 18.9. The number of rotatable bonds is 3. The molecule has 134 valence electrons. The lowest BCUT2D eigenvalue weighted by molar-refractivity contribution is 0.0206. The van der Waals surface area contributed by atoms with Crippen LogP contribution in [0.1, 0.15) is 41.5 Å². The van der Waals surface area contributed by atoms with Gasteiger partial charge in [0, 0.05) is 12.1 Å². The Morgan fingerprint density at radius 1 is 1.16 bits per heavy atom. The number of nitrogens with zero attached hydrogens (tertiary/aromatic N) is 2. The van der Waals surface area contributed by atoms with Gasteiger partial charge in [-0.2, -0.15) is 4.99 Å². The summed E-state index contributed by atoms with van der Waals surface area (Å²) >= 11 is 1.26. The Bertz CT molecular complexity index is 839. The van der Waals surface area contributed by atoms with Gasteiger partial charge in [0.2, 0.25) is 6.08 Å². The zero-order valence-corrected chi connectivity index (χ0v) is 15.8. The van der Waals surface area contributed by atoms with E-state index in [1.165, 1.54) is 23.5 Å². The lowest BCUT2D eigenvalue weighted by Crippen LogP contribution is -2.25. The lowest BCUT2D eigenvalue weighted by atomic mass is 10.2. The number of aliphatic imine (C=N–C) groups is 1. The molecule has 1 aromatic heterocycles. The maximum Gasteiger partial charge on any atom is 0.514 e. The molecule has 0 amide bonds. The first-order valence-electron chi connectivity index (χ1n) is 7.59. The fourth-order valence-electron chi connectivity index (χ4n) is 1.83. The summed E-state index contributed by atoms with van der Waals surface area (Å²) < 4.78 is 16.7. The average molecular weight is 364 g/mol. The molecule has 2 aromatic rings. The monoisotopic (exact) mass is 364 g/mol. The molecule has 0 unspecified atom stereocenters. The van der Waals surface area contributed by atoms with Crippen molar-refractivity contribution in [3.05, 3.63) is 12.1 Å². The van der Waals surface area contributed by atoms with E-state index in [0.717, 1.165) is 0 Å². The Morgan fingerprint density at radius 3 is 2.40 bits per heavy atom. The highest BCUT2D eigenvalue weighted by Gasteiger charge is 2.21. The van der Waals surface area contributed by atoms with E-state index in [4.69, 9.17) is 14.2 Å². The van der Waals surface area contributed by atoms with E-state index in [1.54, 1.807) is 26.8 Å². The van der Waals surface area contributed by atoms with Gasteiger partial charge in [-0.3, -0.25) is 0 Å². The van der Waals surface area contributed by atoms with Crippen LogP contribution in [0.4, 0.5) is 10.5 Å². The molecule has 0 aliphatic heterocycles. The van der Waals surface area contributed by atoms with Gasteiger partial charge in [0.25, 0.3) is 5.19 Å². The maximum absolute atomic E-state index is 11.8. The second-order valence-corrected chi connectivity index (χ2v) is 8.25. The molecule has 0 radical (unpaired) electrons. The van der Waals surface area contributed by atoms with E-state index in [9.17, 15) is 9.59 Å². The minimum atomic E-state index is -0.844. The molecule has 0 atom stereocenters. The number of carbonyl (C=O) groups is 1. The molecule has 0 N–H and O–H groups in total. The van der Waals surface area contributed by atoms with Crippen molar-refractivity contribution in [1.29, 1.82) is 0 Å². The van der Waals surface area contributed by atoms with Gasteiger partial charge in [0.1, 0.15) is 28.2 Å². The largest absolute Gasteiger partial charge is 0.514 e. The van der Waals surface area contributed by atoms with E-state index in [2.05, 4.69) is 9.98 Å². The number of isocyanates is 1. The molecular weight excluding hydrogens is 344 g/mol. The maximum atomic E-state index is 11.8. The van der Waals surface area contributed by atoms with Crippen LogP contribution in [-0.2, 0) is 9.53 Å². The van der Waals surface area contributed by atoms with E-state index >= 15 is 0 Å². The molecule has 0 fully saturated rings. The van der Waals surface area contributed by atoms with Gasteiger partial charge < -0.3 is 14.2 Å². The van der Waals surface area contributed by atoms with E-state index in [0.29, 0.717) is 15.4 Å². The summed E-state index contributed by atoms with van der Waals surface area (Å²) in [6, 6.07) is 3.05. The fraction of sp³-hybridized carbons (Fsp3) is 0.471. The van der Waals surface area contributed by atoms with Crippen molar-refractivity contribution < 1.29 is 23.8 Å². The molecule has 0 saturated carbocycles. The van der Waals surface area contributed by atoms with Crippen LogP contribution < -0.4 is 9.47 Å². The van der Waals surface area contributed by atoms with E-state index in [1.807, 2.05) is 20.8 Å². The molecule has 0 aliphatic rings. The van der Waals surface area contributed by atoms with Gasteiger partial charge in [-0.05, 0) is 41.5 Å². The van der Waals surface area contributed by atoms with Crippen molar-refractivity contribution in [3.63, 3.8) is 0 Å². The summed E-state index contributed by atoms with van der Waals surface area (Å²) in [7, 11) is 0. The van der Waals surface area contributed by atoms with Crippen molar-refractivity contribution >= 4 is 39.5 Å². The van der Waals surface area contributed by atoms with E-state index in [-0.39, 0.29) is 11.4 Å². The van der Waals surface area contributed by atoms with Gasteiger partial charge >= 0.3 is 6.16 Å². The van der Waals surface area contributed by atoms with Crippen LogP contribution in [0.2, 0.25) is 0 Å². The average Bonchev–Trinajstić information content (AvgIpc) is 2.76. The fourth-order valence-corrected chi connectivity index (χ4v) is 2.87. The number of thiazole rings is 1. The predicted octanol–water partition coefficient (Wildman–Crippen LogP) is 4.75. The SMILES string of the molecule is CC(C)(C)OC(=O)Oc1cc(N=C=O)c2nc(OC(C)(C)C)sc2c1. The predicted molar refractivity (Wildman–Crippen MR) is 94.6 cm³/mol. The zero-order valence-electron chi connectivity index (χ0n) is 15.0. The highest BCUT2D eigenvalue weighted by molar-refractivity contribution is 7.20. The summed E-state index contributed by atoms with van der Waals surface area (Å²) in [5.74, 6) is 0.196. The molecule has 0 saturated heterocycles. The Hall–Kier alpha value is -2.44. The van der Waals surface area contributed by atoms with Gasteiger partial charge in [-0.1, -0.05) is 11.3 Å². The zero-order chi connectivity index (χ0) is 18.8. The molecule has 0 aliphatic carbocycles. The second-order valence-electron chi connectivity index (χ2n) is 7.25. The number of fused-ring (bicyclic) bond motifs is 1. The summed E-state index contributed by atoms with van der Waals surface area (Å²) in [6.45, 7) is 10.9. The third-order valence-corrected chi connectivity index (χ3v) is 3.46. The van der Waals surface area contributed by atoms with Crippen LogP contribution in [0.5, 0.6) is 10.9 Å². The van der Waals surface area contributed by atoms with Crippen LogP contribution in [0, 0.1) is 0 Å². The van der Waals surface area contributed by atoms with Crippen molar-refractivity contribution in [2.75, 3.05) is 0 Å². The highest BCUT2D eigenvalue weighted by Crippen LogP contribution is 2.38. The number of carbonyl (C=O) groups excluding carboxylic acids is 2. The Kier molecular flexibility index (Phi) is 5.15. The number of benzene rings is 1. The van der Waals surface area contributed by atoms with Crippen LogP contribution in [0.15, 0.2) is 17.1 Å². The number of hydrogen-bond acceptors (Lipinski definition) is 8. The number of aromatic nitrogens is 1. The van der Waals surface area contributed by atoms with Gasteiger partial charge in [0.05, 0.1) is 4.70 Å². The van der Waals surface area contributed by atoms with Crippen LogP contribution in [-0.4, -0.2) is 28.4 Å². The second kappa shape index (κ2) is 6.82. The minimum Gasteiger partial charge on any atom is -0.464 e. The smallest absolute Gasteiger partial charge is 0.464 e. The third kappa shape index (κ3) is 5.55. The van der Waals surface area contributed by atoms with Gasteiger partial charge in [-0.15, -0.1) is 0 Å². The molecule has 8 heteroatoms. The summed E-state index contributed by atoms with van der Waals surface area (Å²) in [5, 5.41) is 0.430. The molecular formula is C17H20N2O5S. The van der Waals surface area contributed by atoms with Crippen molar-refractivity contribution in [2.45, 2.75) is 52.7 Å². The number of ether oxygens (including phenoxy) is 3. The van der Waals surface area contributed by atoms with Crippen LogP contribution in [0.3, 0.4) is 0 Å². The lowest BCUT2D eigenvalue weighted by Gasteiger charge is -2.18. The molecule has 25 heavy (non-hydrogen) atoms. The Balaban J connectivity index is 2.39. The molecule has 0 bridgehead atoms. The summed E-state index contributed by atoms with van der Waals surface area (Å²) in [4.78, 5) is 30.5. The molecule has 1 heterocycles. The topological polar surface area (TPSA) is 87.1 Å². The van der Waals surface area contributed by atoms with Crippen molar-refractivity contribution in [3.8, 4) is 10.9 Å². The van der Waals surface area contributed by atoms with Crippen molar-refractivity contribution in [1.82, 2.24) is 4.98 Å². The number of hydrogen-bond donors (Lipinski definition) is 0.